The maximum Gasteiger partial charge on any atom is 0.0672 e. The van der Waals surface area contributed by atoms with Gasteiger partial charge in [-0.2, -0.15) is 5.26 Å². The summed E-state index contributed by atoms with van der Waals surface area (Å²) in [5.41, 5.74) is 0. The van der Waals surface area contributed by atoms with Crippen molar-refractivity contribution >= 4 is 0 Å². The molecule has 0 spiro atoms. The molecule has 0 aromatic carbocycles. The van der Waals surface area contributed by atoms with E-state index in [1.54, 1.807) is 0 Å². The van der Waals surface area contributed by atoms with Crippen molar-refractivity contribution < 1.29 is 0 Å². The van der Waals surface area contributed by atoms with Crippen molar-refractivity contribution in [3.8, 4) is 6.07 Å². The van der Waals surface area contributed by atoms with Gasteiger partial charge in [0.2, 0.25) is 0 Å². The quantitative estimate of drug-likeness (QED) is 0.741. The summed E-state index contributed by atoms with van der Waals surface area (Å²) in [4.78, 5) is 0. The van der Waals surface area contributed by atoms with E-state index in [0.717, 1.165) is 12.3 Å². The van der Waals surface area contributed by atoms with Crippen LogP contribution in [0.1, 0.15) is 58.3 Å². The van der Waals surface area contributed by atoms with Crippen LogP contribution in [0.2, 0.25) is 0 Å². The van der Waals surface area contributed by atoms with Crippen molar-refractivity contribution in [3.05, 3.63) is 0 Å². The van der Waals surface area contributed by atoms with Gasteiger partial charge in [-0.05, 0) is 38.5 Å². The Morgan fingerprint density at radius 1 is 1.06 bits per heavy atom. The molecule has 2 aliphatic carbocycles. The lowest BCUT2D eigenvalue weighted by atomic mass is 9.79. The monoisotopic (exact) mass is 220 g/mol. The van der Waals surface area contributed by atoms with E-state index in [-0.39, 0.29) is 5.92 Å². The van der Waals surface area contributed by atoms with E-state index in [4.69, 9.17) is 0 Å². The third-order valence-corrected chi connectivity index (χ3v) is 4.52. The number of nitrogens with zero attached hydrogens (tertiary/aromatic N) is 1. The van der Waals surface area contributed by atoms with Gasteiger partial charge in [0, 0.05) is 12.1 Å². The van der Waals surface area contributed by atoms with Crippen molar-refractivity contribution in [2.24, 2.45) is 11.8 Å². The van der Waals surface area contributed by atoms with Crippen LogP contribution in [0.5, 0.6) is 0 Å². The minimum absolute atomic E-state index is 0.255. The fourth-order valence-corrected chi connectivity index (χ4v) is 3.08. The number of rotatable bonds is 3. The average molecular weight is 220 g/mol. The summed E-state index contributed by atoms with van der Waals surface area (Å²) < 4.78 is 0. The topological polar surface area (TPSA) is 35.8 Å². The molecular weight excluding hydrogens is 196 g/mol. The predicted octanol–water partition coefficient (Wildman–Crippen LogP) is 3.24. The summed E-state index contributed by atoms with van der Waals surface area (Å²) in [6.07, 6.45) is 10.3. The molecular formula is C14H24N2. The van der Waals surface area contributed by atoms with Crippen LogP contribution in [0, 0.1) is 23.2 Å². The van der Waals surface area contributed by atoms with Crippen molar-refractivity contribution in [3.63, 3.8) is 0 Å². The zero-order valence-corrected chi connectivity index (χ0v) is 10.4. The lowest BCUT2D eigenvalue weighted by molar-refractivity contribution is 0.212. The molecule has 0 aliphatic heterocycles. The standard InChI is InChI=1S/C14H24N2/c1-11(12-7-5-8-12)16-14-9-4-2-3-6-13(14)10-15/h11-14,16H,2-9H2,1H3. The Hall–Kier alpha value is -0.550. The highest BCUT2D eigenvalue weighted by atomic mass is 15.0. The number of hydrogen-bond acceptors (Lipinski definition) is 2. The molecule has 0 amide bonds. The zero-order valence-electron chi connectivity index (χ0n) is 10.4. The van der Waals surface area contributed by atoms with Crippen LogP contribution in [-0.2, 0) is 0 Å². The molecule has 90 valence electrons. The van der Waals surface area contributed by atoms with Gasteiger partial charge in [-0.1, -0.05) is 25.7 Å². The summed E-state index contributed by atoms with van der Waals surface area (Å²) in [5, 5.41) is 13.0. The normalized spacial score (nSPS) is 33.5. The minimum Gasteiger partial charge on any atom is -0.310 e. The predicted molar refractivity (Wildman–Crippen MR) is 65.9 cm³/mol. The van der Waals surface area contributed by atoms with Crippen molar-refractivity contribution in [2.45, 2.75) is 70.4 Å². The maximum absolute atomic E-state index is 9.22. The molecule has 0 aromatic heterocycles. The van der Waals surface area contributed by atoms with Crippen molar-refractivity contribution in [1.29, 1.82) is 5.26 Å². The van der Waals surface area contributed by atoms with E-state index in [1.165, 1.54) is 44.9 Å². The minimum atomic E-state index is 0.255. The lowest BCUT2D eigenvalue weighted by Gasteiger charge is -2.35. The Morgan fingerprint density at radius 2 is 1.81 bits per heavy atom. The van der Waals surface area contributed by atoms with E-state index in [0.29, 0.717) is 12.1 Å². The Kier molecular flexibility index (Phi) is 4.23. The average Bonchev–Trinajstić information content (AvgIpc) is 2.40. The summed E-state index contributed by atoms with van der Waals surface area (Å²) in [5.74, 6) is 1.13. The first kappa shape index (κ1) is 11.9. The van der Waals surface area contributed by atoms with Gasteiger partial charge in [-0.25, -0.2) is 0 Å². The first-order valence-corrected chi connectivity index (χ1v) is 6.97. The van der Waals surface area contributed by atoms with Gasteiger partial charge in [0.05, 0.1) is 12.0 Å². The third kappa shape index (κ3) is 2.77. The third-order valence-electron chi connectivity index (χ3n) is 4.52. The largest absolute Gasteiger partial charge is 0.310 e. The summed E-state index contributed by atoms with van der Waals surface area (Å²) in [6.45, 7) is 2.31. The van der Waals surface area contributed by atoms with E-state index < -0.39 is 0 Å². The van der Waals surface area contributed by atoms with E-state index in [9.17, 15) is 5.26 Å². The summed E-state index contributed by atoms with van der Waals surface area (Å²) in [7, 11) is 0. The lowest BCUT2D eigenvalue weighted by Crippen LogP contribution is -2.45. The second-order valence-electron chi connectivity index (χ2n) is 5.63. The fraction of sp³-hybridized carbons (Fsp3) is 0.929. The molecule has 1 N–H and O–H groups in total. The Bertz CT molecular complexity index is 252. The number of hydrogen-bond donors (Lipinski definition) is 1. The molecule has 0 heterocycles. The highest BCUT2D eigenvalue weighted by Crippen LogP contribution is 2.31. The molecule has 2 nitrogen and oxygen atoms in total. The Balaban J connectivity index is 1.86. The molecule has 2 saturated carbocycles. The van der Waals surface area contributed by atoms with Crippen LogP contribution >= 0.6 is 0 Å². The van der Waals surface area contributed by atoms with E-state index in [2.05, 4.69) is 18.3 Å². The van der Waals surface area contributed by atoms with Crippen LogP contribution in [0.15, 0.2) is 0 Å². The SMILES string of the molecule is CC(NC1CCCCCC1C#N)C1CCC1. The maximum atomic E-state index is 9.22. The Labute approximate surface area is 99.4 Å². The Morgan fingerprint density at radius 3 is 2.44 bits per heavy atom. The number of nitrogens with one attached hydrogen (secondary N) is 1. The first-order chi connectivity index (χ1) is 7.81. The second-order valence-corrected chi connectivity index (χ2v) is 5.63. The highest BCUT2D eigenvalue weighted by Gasteiger charge is 2.29. The molecule has 0 bridgehead atoms. The van der Waals surface area contributed by atoms with Gasteiger partial charge in [0.15, 0.2) is 0 Å². The van der Waals surface area contributed by atoms with Crippen molar-refractivity contribution in [2.75, 3.05) is 0 Å². The van der Waals surface area contributed by atoms with Gasteiger partial charge in [-0.3, -0.25) is 0 Å². The fourth-order valence-electron chi connectivity index (χ4n) is 3.08. The molecule has 0 radical (unpaired) electrons. The van der Waals surface area contributed by atoms with Gasteiger partial charge < -0.3 is 5.32 Å². The molecule has 3 atom stereocenters. The van der Waals surface area contributed by atoms with Crippen LogP contribution in [0.4, 0.5) is 0 Å². The summed E-state index contributed by atoms with van der Waals surface area (Å²) >= 11 is 0. The van der Waals surface area contributed by atoms with Gasteiger partial charge in [0.25, 0.3) is 0 Å². The highest BCUT2D eigenvalue weighted by molar-refractivity contribution is 4.95. The smallest absolute Gasteiger partial charge is 0.0672 e. The first-order valence-electron chi connectivity index (χ1n) is 6.97. The molecule has 0 aromatic rings. The molecule has 2 rings (SSSR count). The van der Waals surface area contributed by atoms with Crippen molar-refractivity contribution in [1.82, 2.24) is 5.32 Å². The molecule has 0 saturated heterocycles. The van der Waals surface area contributed by atoms with Crippen LogP contribution < -0.4 is 5.32 Å². The van der Waals surface area contributed by atoms with Crippen LogP contribution in [0.3, 0.4) is 0 Å². The van der Waals surface area contributed by atoms with Crippen LogP contribution in [-0.4, -0.2) is 12.1 Å². The number of nitriles is 1. The molecule has 16 heavy (non-hydrogen) atoms. The zero-order chi connectivity index (χ0) is 11.4. The van der Waals surface area contributed by atoms with Crippen LogP contribution in [0.25, 0.3) is 0 Å². The molecule has 3 unspecified atom stereocenters. The molecule has 2 fully saturated rings. The van der Waals surface area contributed by atoms with Gasteiger partial charge >= 0.3 is 0 Å². The van der Waals surface area contributed by atoms with E-state index in [1.807, 2.05) is 0 Å². The second kappa shape index (κ2) is 5.68. The summed E-state index contributed by atoms with van der Waals surface area (Å²) in [6, 6.07) is 3.59. The van der Waals surface area contributed by atoms with E-state index >= 15 is 0 Å². The van der Waals surface area contributed by atoms with Gasteiger partial charge in [0.1, 0.15) is 0 Å². The van der Waals surface area contributed by atoms with Gasteiger partial charge in [-0.15, -0.1) is 0 Å². The molecule has 2 aliphatic rings. The molecule has 2 heteroatoms.